The van der Waals surface area contributed by atoms with Gasteiger partial charge in [0.2, 0.25) is 0 Å². The van der Waals surface area contributed by atoms with Crippen LogP contribution in [0.2, 0.25) is 0 Å². The summed E-state index contributed by atoms with van der Waals surface area (Å²) in [5, 5.41) is 8.73. The highest BCUT2D eigenvalue weighted by molar-refractivity contribution is 5.37. The molecule has 0 fully saturated rings. The second-order valence-electron chi connectivity index (χ2n) is 5.29. The van der Waals surface area contributed by atoms with Gasteiger partial charge in [-0.3, -0.25) is 4.90 Å². The molecule has 2 nitrogen and oxygen atoms in total. The van der Waals surface area contributed by atoms with Crippen molar-refractivity contribution >= 4 is 0 Å². The Hall–Kier alpha value is -1.37. The SMILES string of the molecule is CCCCN(CCCC)Cc1cc(F)cc(C#CCO)c1. The van der Waals surface area contributed by atoms with E-state index in [4.69, 9.17) is 5.11 Å². The van der Waals surface area contributed by atoms with Crippen LogP contribution in [-0.2, 0) is 6.54 Å². The Bertz CT molecular complexity index is 468. The molecule has 3 heteroatoms. The lowest BCUT2D eigenvalue weighted by molar-refractivity contribution is 0.257. The first kappa shape index (κ1) is 17.7. The number of hydrogen-bond donors (Lipinski definition) is 1. The lowest BCUT2D eigenvalue weighted by atomic mass is 10.1. The van der Waals surface area contributed by atoms with Crippen molar-refractivity contribution in [2.24, 2.45) is 0 Å². The summed E-state index contributed by atoms with van der Waals surface area (Å²) in [4.78, 5) is 2.38. The van der Waals surface area contributed by atoms with Crippen LogP contribution in [0.4, 0.5) is 4.39 Å². The van der Waals surface area contributed by atoms with Crippen LogP contribution in [0.15, 0.2) is 18.2 Å². The van der Waals surface area contributed by atoms with Gasteiger partial charge in [0.1, 0.15) is 12.4 Å². The van der Waals surface area contributed by atoms with Gasteiger partial charge in [0, 0.05) is 12.1 Å². The monoisotopic (exact) mass is 291 g/mol. The summed E-state index contributed by atoms with van der Waals surface area (Å²) >= 11 is 0. The van der Waals surface area contributed by atoms with Gasteiger partial charge < -0.3 is 5.11 Å². The summed E-state index contributed by atoms with van der Waals surface area (Å²) in [6.07, 6.45) is 4.66. The van der Waals surface area contributed by atoms with Gasteiger partial charge in [-0.2, -0.15) is 0 Å². The van der Waals surface area contributed by atoms with Gasteiger partial charge in [0.05, 0.1) is 0 Å². The van der Waals surface area contributed by atoms with Crippen molar-refractivity contribution in [2.75, 3.05) is 19.7 Å². The first-order valence-corrected chi connectivity index (χ1v) is 7.81. The number of nitrogens with zero attached hydrogens (tertiary/aromatic N) is 1. The van der Waals surface area contributed by atoms with E-state index >= 15 is 0 Å². The number of benzene rings is 1. The van der Waals surface area contributed by atoms with E-state index in [0.29, 0.717) is 5.56 Å². The molecule has 0 bridgehead atoms. The summed E-state index contributed by atoms with van der Waals surface area (Å²) in [5.41, 5.74) is 1.58. The predicted molar refractivity (Wildman–Crippen MR) is 85.5 cm³/mol. The zero-order valence-electron chi connectivity index (χ0n) is 13.2. The number of aliphatic hydroxyl groups is 1. The van der Waals surface area contributed by atoms with E-state index in [2.05, 4.69) is 30.6 Å². The fourth-order valence-corrected chi connectivity index (χ4v) is 2.25. The van der Waals surface area contributed by atoms with E-state index in [-0.39, 0.29) is 12.4 Å². The molecule has 116 valence electrons. The normalized spacial score (nSPS) is 10.5. The molecule has 1 aromatic rings. The zero-order valence-corrected chi connectivity index (χ0v) is 13.2. The highest BCUT2D eigenvalue weighted by Gasteiger charge is 2.07. The van der Waals surface area contributed by atoms with Crippen molar-refractivity contribution in [1.29, 1.82) is 0 Å². The number of halogens is 1. The summed E-state index contributed by atoms with van der Waals surface area (Å²) in [7, 11) is 0. The van der Waals surface area contributed by atoms with Gasteiger partial charge in [0.15, 0.2) is 0 Å². The molecule has 0 spiro atoms. The van der Waals surface area contributed by atoms with Crippen LogP contribution in [0.25, 0.3) is 0 Å². The van der Waals surface area contributed by atoms with Crippen LogP contribution < -0.4 is 0 Å². The molecule has 0 unspecified atom stereocenters. The minimum Gasteiger partial charge on any atom is -0.384 e. The van der Waals surface area contributed by atoms with Crippen LogP contribution in [0.5, 0.6) is 0 Å². The Kier molecular flexibility index (Phi) is 8.73. The molecular weight excluding hydrogens is 265 g/mol. The molecule has 1 aromatic carbocycles. The van der Waals surface area contributed by atoms with Crippen LogP contribution in [0, 0.1) is 17.7 Å². The molecule has 0 radical (unpaired) electrons. The van der Waals surface area contributed by atoms with Crippen molar-refractivity contribution in [2.45, 2.75) is 46.1 Å². The molecule has 0 saturated heterocycles. The van der Waals surface area contributed by atoms with Crippen molar-refractivity contribution < 1.29 is 9.50 Å². The zero-order chi connectivity index (χ0) is 15.5. The smallest absolute Gasteiger partial charge is 0.124 e. The third kappa shape index (κ3) is 7.27. The van der Waals surface area contributed by atoms with Crippen LogP contribution in [0.3, 0.4) is 0 Å². The Morgan fingerprint density at radius 1 is 1.10 bits per heavy atom. The molecule has 1 rings (SSSR count). The third-order valence-electron chi connectivity index (χ3n) is 3.33. The van der Waals surface area contributed by atoms with E-state index in [1.165, 1.54) is 18.9 Å². The third-order valence-corrected chi connectivity index (χ3v) is 3.33. The van der Waals surface area contributed by atoms with Gasteiger partial charge in [-0.05, 0) is 49.7 Å². The molecule has 0 aliphatic heterocycles. The second-order valence-corrected chi connectivity index (χ2v) is 5.29. The maximum absolute atomic E-state index is 13.7. The van der Waals surface area contributed by atoms with Gasteiger partial charge in [0.25, 0.3) is 0 Å². The van der Waals surface area contributed by atoms with Gasteiger partial charge in [-0.15, -0.1) is 0 Å². The summed E-state index contributed by atoms with van der Waals surface area (Å²) in [6.45, 7) is 7.01. The topological polar surface area (TPSA) is 23.5 Å². The van der Waals surface area contributed by atoms with Crippen molar-refractivity contribution in [1.82, 2.24) is 4.90 Å². The van der Waals surface area contributed by atoms with E-state index in [0.717, 1.165) is 38.0 Å². The number of hydrogen-bond acceptors (Lipinski definition) is 2. The Labute approximate surface area is 128 Å². The largest absolute Gasteiger partial charge is 0.384 e. The van der Waals surface area contributed by atoms with E-state index in [9.17, 15) is 4.39 Å². The lowest BCUT2D eigenvalue weighted by Gasteiger charge is -2.22. The number of aliphatic hydroxyl groups excluding tert-OH is 1. The molecular formula is C18H26FNO. The average molecular weight is 291 g/mol. The van der Waals surface area contributed by atoms with Crippen molar-refractivity contribution in [3.63, 3.8) is 0 Å². The van der Waals surface area contributed by atoms with Crippen LogP contribution in [0.1, 0.15) is 50.7 Å². The minimum absolute atomic E-state index is 0.203. The van der Waals surface area contributed by atoms with Crippen LogP contribution in [-0.4, -0.2) is 29.7 Å². The standard InChI is InChI=1S/C18H26FNO/c1-3-5-9-20(10-6-4-2)15-17-12-16(8-7-11-21)13-18(19)14-17/h12-14,21H,3-6,9-11,15H2,1-2H3. The molecule has 1 N–H and O–H groups in total. The second kappa shape index (κ2) is 10.4. The Morgan fingerprint density at radius 2 is 1.76 bits per heavy atom. The summed E-state index contributed by atoms with van der Waals surface area (Å²) in [5.74, 6) is 5.08. The summed E-state index contributed by atoms with van der Waals surface area (Å²) < 4.78 is 13.7. The highest BCUT2D eigenvalue weighted by Crippen LogP contribution is 2.12. The molecule has 21 heavy (non-hydrogen) atoms. The van der Waals surface area contributed by atoms with E-state index in [1.807, 2.05) is 6.07 Å². The molecule has 0 aromatic heterocycles. The van der Waals surface area contributed by atoms with Gasteiger partial charge in [-0.25, -0.2) is 4.39 Å². The lowest BCUT2D eigenvalue weighted by Crippen LogP contribution is -2.25. The average Bonchev–Trinajstić information content (AvgIpc) is 2.47. The fourth-order valence-electron chi connectivity index (χ4n) is 2.25. The molecule has 0 amide bonds. The molecule has 0 aliphatic rings. The fraction of sp³-hybridized carbons (Fsp3) is 0.556. The maximum Gasteiger partial charge on any atom is 0.124 e. The highest BCUT2D eigenvalue weighted by atomic mass is 19.1. The molecule has 0 heterocycles. The predicted octanol–water partition coefficient (Wildman–Crippen LogP) is 3.57. The van der Waals surface area contributed by atoms with Gasteiger partial charge >= 0.3 is 0 Å². The minimum atomic E-state index is -0.263. The summed E-state index contributed by atoms with van der Waals surface area (Å²) in [6, 6.07) is 4.90. The first-order chi connectivity index (χ1) is 10.2. The molecule has 0 aliphatic carbocycles. The van der Waals surface area contributed by atoms with Crippen molar-refractivity contribution in [3.8, 4) is 11.8 Å². The molecule has 0 saturated carbocycles. The maximum atomic E-state index is 13.7. The molecule has 0 atom stereocenters. The number of unbranched alkanes of at least 4 members (excludes halogenated alkanes) is 2. The van der Waals surface area contributed by atoms with Crippen LogP contribution >= 0.6 is 0 Å². The Morgan fingerprint density at radius 3 is 2.33 bits per heavy atom. The number of rotatable bonds is 8. The Balaban J connectivity index is 2.78. The quantitative estimate of drug-likeness (QED) is 0.740. The van der Waals surface area contributed by atoms with Crippen molar-refractivity contribution in [3.05, 3.63) is 35.1 Å². The van der Waals surface area contributed by atoms with Gasteiger partial charge in [-0.1, -0.05) is 38.5 Å². The van der Waals surface area contributed by atoms with E-state index < -0.39 is 0 Å². The van der Waals surface area contributed by atoms with E-state index in [1.54, 1.807) is 6.07 Å². The first-order valence-electron chi connectivity index (χ1n) is 7.81.